The fourth-order valence-corrected chi connectivity index (χ4v) is 17.7. The average molecular weight is 560 g/mol. The van der Waals surface area contributed by atoms with Crippen LogP contribution in [-0.2, 0) is 19.7 Å². The minimum absolute atomic E-state index is 0.177. The third-order valence-electron chi connectivity index (χ3n) is 3.25. The zero-order chi connectivity index (χ0) is 21.4. The molecule has 0 N–H and O–H groups in total. The molecule has 0 heterocycles. The number of alkyl halides is 7. The van der Waals surface area contributed by atoms with Crippen LogP contribution in [0, 0.1) is 7.14 Å². The van der Waals surface area contributed by atoms with Gasteiger partial charge in [0.1, 0.15) is 0 Å². The molecule has 1 radical (unpaired) electrons. The molecule has 0 aliphatic rings. The van der Waals surface area contributed by atoms with Gasteiger partial charge in [0.2, 0.25) is 0 Å². The SMILES string of the molecule is O=S(=O)(C([I+](c1ccccc1)c1ccccc1)S(=O)(=O)C(F)(F)F)C(F)(F)F. The van der Waals surface area contributed by atoms with Crippen molar-refractivity contribution in [3.63, 3.8) is 0 Å². The number of rotatable bonds is 5. The minimum Gasteiger partial charge on any atom is -0.214 e. The van der Waals surface area contributed by atoms with E-state index in [1.165, 1.54) is 36.4 Å². The molecule has 28 heavy (non-hydrogen) atoms. The molecular weight excluding hydrogens is 549 g/mol. The fraction of sp³-hybridized carbons (Fsp3) is 0.200. The Morgan fingerprint density at radius 1 is 0.607 bits per heavy atom. The molecule has 0 aromatic heterocycles. The number of benzene rings is 2. The van der Waals surface area contributed by atoms with Crippen LogP contribution >= 0.6 is 0 Å². The van der Waals surface area contributed by atoms with Crippen LogP contribution in [0.2, 0.25) is 0 Å². The predicted octanol–water partition coefficient (Wildman–Crippen LogP) is 0.504. The van der Waals surface area contributed by atoms with E-state index in [-0.39, 0.29) is 7.14 Å². The van der Waals surface area contributed by atoms with Crippen LogP contribution in [0.5, 0.6) is 0 Å². The Bertz CT molecular complexity index is 936. The summed E-state index contributed by atoms with van der Waals surface area (Å²) >= 11 is -4.37. The minimum atomic E-state index is -6.71. The molecule has 0 fully saturated rings. The van der Waals surface area contributed by atoms with Crippen molar-refractivity contribution < 1.29 is 63.0 Å². The summed E-state index contributed by atoms with van der Waals surface area (Å²) in [5.74, 6) is 0. The van der Waals surface area contributed by atoms with E-state index in [1.54, 1.807) is 0 Å². The lowest BCUT2D eigenvalue weighted by molar-refractivity contribution is -0.853. The highest BCUT2D eigenvalue weighted by Crippen LogP contribution is 2.33. The predicted molar refractivity (Wildman–Crippen MR) is 84.0 cm³/mol. The van der Waals surface area contributed by atoms with Gasteiger partial charge in [-0.2, -0.15) is 26.3 Å². The molecule has 13 heteroatoms. The Labute approximate surface area is 163 Å². The number of hydrogen-bond acceptors (Lipinski definition) is 4. The maximum atomic E-state index is 13.2. The first kappa shape index (κ1) is 22.9. The van der Waals surface area contributed by atoms with Crippen molar-refractivity contribution in [1.29, 1.82) is 0 Å². The molecule has 2 rings (SSSR count). The molecular formula is C15H11F6IO4S2+. The highest BCUT2D eigenvalue weighted by Gasteiger charge is 2.71. The zero-order valence-electron chi connectivity index (χ0n) is 13.4. The molecule has 2 aromatic carbocycles. The van der Waals surface area contributed by atoms with Gasteiger partial charge in [0.25, 0.3) is 0 Å². The standard InChI is InChI=1S/C15H11F6IO4S2/c16-14(17,18)27(23,24)13(28(25,26)15(19,20)21)22(11-7-3-1-4-8-11)12-9-5-2-6-10-12/h1-10,13H/q+1. The molecule has 0 saturated heterocycles. The highest BCUT2D eigenvalue weighted by atomic mass is 127. The Hall–Kier alpha value is -1.35. The monoisotopic (exact) mass is 560 g/mol. The van der Waals surface area contributed by atoms with Crippen molar-refractivity contribution in [1.82, 2.24) is 0 Å². The van der Waals surface area contributed by atoms with Crippen molar-refractivity contribution >= 4 is 19.7 Å². The Kier molecular flexibility index (Phi) is 6.40. The van der Waals surface area contributed by atoms with E-state index in [4.69, 9.17) is 0 Å². The van der Waals surface area contributed by atoms with Crippen molar-refractivity contribution in [2.75, 3.05) is 0 Å². The molecule has 0 unspecified atom stereocenters. The largest absolute Gasteiger partial charge is 0.502 e. The van der Waals surface area contributed by atoms with Crippen molar-refractivity contribution in [2.24, 2.45) is 0 Å². The lowest BCUT2D eigenvalue weighted by Crippen LogP contribution is -3.89. The molecule has 4 nitrogen and oxygen atoms in total. The Balaban J connectivity index is 2.93. The van der Waals surface area contributed by atoms with E-state index in [2.05, 4.69) is 0 Å². The van der Waals surface area contributed by atoms with Gasteiger partial charge in [0.15, 0.2) is 27.0 Å². The summed E-state index contributed by atoms with van der Waals surface area (Å²) < 4.78 is 123. The van der Waals surface area contributed by atoms with E-state index in [9.17, 15) is 43.2 Å². The van der Waals surface area contributed by atoms with Crippen molar-refractivity contribution in [2.45, 2.75) is 13.6 Å². The van der Waals surface area contributed by atoms with Crippen molar-refractivity contribution in [3.8, 4) is 0 Å². The van der Waals surface area contributed by atoms with Crippen LogP contribution in [0.1, 0.15) is 0 Å². The van der Waals surface area contributed by atoms with E-state index in [0.717, 1.165) is 24.3 Å². The van der Waals surface area contributed by atoms with Gasteiger partial charge in [-0.05, 0) is 24.3 Å². The third kappa shape index (κ3) is 4.30. The first-order chi connectivity index (χ1) is 12.7. The van der Waals surface area contributed by atoms with Crippen LogP contribution in [0.15, 0.2) is 60.7 Å². The molecule has 0 aliphatic heterocycles. The van der Waals surface area contributed by atoms with Crippen LogP contribution < -0.4 is 19.8 Å². The summed E-state index contributed by atoms with van der Waals surface area (Å²) in [6, 6.07) is 12.4. The maximum Gasteiger partial charge on any atom is 0.502 e. The van der Waals surface area contributed by atoms with E-state index < -0.39 is 53.1 Å². The maximum absolute atomic E-state index is 13.2. The third-order valence-corrected chi connectivity index (χ3v) is 18.6. The van der Waals surface area contributed by atoms with E-state index >= 15 is 0 Å². The Morgan fingerprint density at radius 3 is 1.14 bits per heavy atom. The summed E-state index contributed by atoms with van der Waals surface area (Å²) in [4.78, 5) is 0. The van der Waals surface area contributed by atoms with Crippen LogP contribution in [0.4, 0.5) is 26.3 Å². The van der Waals surface area contributed by atoms with Crippen molar-refractivity contribution in [3.05, 3.63) is 67.8 Å². The molecule has 0 saturated carbocycles. The molecule has 0 amide bonds. The van der Waals surface area contributed by atoms with Gasteiger partial charge in [0, 0.05) is 0 Å². The molecule has 0 spiro atoms. The second kappa shape index (κ2) is 7.82. The molecule has 155 valence electrons. The summed E-state index contributed by atoms with van der Waals surface area (Å²) in [6.45, 7) is 0. The molecule has 2 aromatic rings. The average Bonchev–Trinajstić information content (AvgIpc) is 2.58. The van der Waals surface area contributed by atoms with E-state index in [0.29, 0.717) is 0 Å². The van der Waals surface area contributed by atoms with Gasteiger partial charge in [-0.25, -0.2) is 16.8 Å². The number of sulfone groups is 2. The summed E-state index contributed by atoms with van der Waals surface area (Å²) in [5, 5.41) is 0. The van der Waals surface area contributed by atoms with Crippen LogP contribution in [0.3, 0.4) is 0 Å². The smallest absolute Gasteiger partial charge is 0.214 e. The van der Waals surface area contributed by atoms with Gasteiger partial charge in [-0.3, -0.25) is 0 Å². The van der Waals surface area contributed by atoms with Gasteiger partial charge in [-0.1, -0.05) is 36.4 Å². The Morgan fingerprint density at radius 2 is 0.893 bits per heavy atom. The second-order valence-electron chi connectivity index (χ2n) is 5.16. The van der Waals surface area contributed by atoms with Gasteiger partial charge < -0.3 is 0 Å². The van der Waals surface area contributed by atoms with Crippen LogP contribution in [0.25, 0.3) is 0 Å². The van der Waals surface area contributed by atoms with Gasteiger partial charge >= 0.3 is 33.3 Å². The summed E-state index contributed by atoms with van der Waals surface area (Å²) in [6.07, 6.45) is 0. The number of hydrogen-bond donors (Lipinski definition) is 0. The topological polar surface area (TPSA) is 68.3 Å². The summed E-state index contributed by atoms with van der Waals surface area (Å²) in [7, 11) is -13.4. The lowest BCUT2D eigenvalue weighted by Gasteiger charge is -2.20. The first-order valence-electron chi connectivity index (χ1n) is 7.10. The fourth-order valence-electron chi connectivity index (χ4n) is 2.04. The van der Waals surface area contributed by atoms with Crippen LogP contribution in [-0.4, -0.2) is 30.4 Å². The second-order valence-corrected chi connectivity index (χ2v) is 16.7. The number of halogens is 7. The van der Waals surface area contributed by atoms with Gasteiger partial charge in [-0.15, -0.1) is 0 Å². The lowest BCUT2D eigenvalue weighted by atomic mass is 10.4. The normalized spacial score (nSPS) is 13.9. The molecule has 0 atom stereocenters. The first-order valence-corrected chi connectivity index (χ1v) is 13.6. The molecule has 0 bridgehead atoms. The molecule has 0 aliphatic carbocycles. The van der Waals surface area contributed by atoms with E-state index in [1.807, 2.05) is 0 Å². The zero-order valence-corrected chi connectivity index (χ0v) is 17.2. The quantitative estimate of drug-likeness (QED) is 0.304. The summed E-state index contributed by atoms with van der Waals surface area (Å²) in [5.41, 5.74) is -12.4. The highest BCUT2D eigenvalue weighted by molar-refractivity contribution is 8.09. The van der Waals surface area contributed by atoms with Gasteiger partial charge in [0.05, 0.1) is 0 Å².